The number of hydrogen-bond acceptors (Lipinski definition) is 3. The Labute approximate surface area is 155 Å². The van der Waals surface area contributed by atoms with E-state index in [0.29, 0.717) is 5.69 Å². The second kappa shape index (κ2) is 7.98. The lowest BCUT2D eigenvalue weighted by atomic mass is 10.2. The number of halogens is 1. The van der Waals surface area contributed by atoms with Crippen molar-refractivity contribution >= 4 is 44.3 Å². The van der Waals surface area contributed by atoms with Crippen molar-refractivity contribution in [2.45, 2.75) is 24.7 Å². The topological polar surface area (TPSA) is 74.7 Å². The number of benzene rings is 2. The summed E-state index contributed by atoms with van der Waals surface area (Å²) in [5.41, 5.74) is 1.50. The maximum absolute atomic E-state index is 13.0. The number of aliphatic carboxylic acids is 1. The van der Waals surface area contributed by atoms with Gasteiger partial charge >= 0.3 is 5.97 Å². The minimum Gasteiger partial charge on any atom is -0.481 e. The van der Waals surface area contributed by atoms with E-state index in [2.05, 4.69) is 22.6 Å². The molecule has 128 valence electrons. The molecule has 0 amide bonds. The molecule has 0 bridgehead atoms. The van der Waals surface area contributed by atoms with Gasteiger partial charge in [-0.2, -0.15) is 0 Å². The van der Waals surface area contributed by atoms with Crippen molar-refractivity contribution in [2.24, 2.45) is 0 Å². The normalized spacial score (nSPS) is 11.2. The van der Waals surface area contributed by atoms with Crippen LogP contribution in [0.4, 0.5) is 5.69 Å². The van der Waals surface area contributed by atoms with E-state index in [9.17, 15) is 13.2 Å². The predicted octanol–water partition coefficient (Wildman–Crippen LogP) is 3.66. The third-order valence-corrected chi connectivity index (χ3v) is 6.04. The Morgan fingerprint density at radius 2 is 1.67 bits per heavy atom. The number of rotatable bonds is 7. The van der Waals surface area contributed by atoms with Crippen LogP contribution in [0.1, 0.15) is 18.4 Å². The van der Waals surface area contributed by atoms with Gasteiger partial charge < -0.3 is 5.11 Å². The Balaban J connectivity index is 2.38. The molecule has 2 rings (SSSR count). The average molecular weight is 459 g/mol. The molecule has 0 aliphatic carbocycles. The summed E-state index contributed by atoms with van der Waals surface area (Å²) in [4.78, 5) is 10.9. The van der Waals surface area contributed by atoms with Crippen molar-refractivity contribution in [3.05, 3.63) is 57.7 Å². The van der Waals surface area contributed by atoms with Gasteiger partial charge in [0.05, 0.1) is 10.6 Å². The van der Waals surface area contributed by atoms with E-state index in [0.717, 1.165) is 9.13 Å². The van der Waals surface area contributed by atoms with Crippen molar-refractivity contribution in [1.29, 1.82) is 0 Å². The van der Waals surface area contributed by atoms with Gasteiger partial charge in [0.15, 0.2) is 0 Å². The lowest BCUT2D eigenvalue weighted by Crippen LogP contribution is -2.32. The molecule has 0 atom stereocenters. The molecule has 1 N–H and O–H groups in total. The number of sulfonamides is 1. The molecule has 0 aliphatic rings. The van der Waals surface area contributed by atoms with Gasteiger partial charge in [0.1, 0.15) is 0 Å². The van der Waals surface area contributed by atoms with Gasteiger partial charge in [-0.05, 0) is 72.3 Å². The summed E-state index contributed by atoms with van der Waals surface area (Å²) in [6.45, 7) is 2.00. The Morgan fingerprint density at radius 1 is 1.08 bits per heavy atom. The summed E-state index contributed by atoms with van der Waals surface area (Å²) in [6, 6.07) is 13.7. The molecular weight excluding hydrogens is 441 g/mol. The van der Waals surface area contributed by atoms with Crippen LogP contribution in [0.2, 0.25) is 0 Å². The number of carboxylic acids is 1. The summed E-state index contributed by atoms with van der Waals surface area (Å²) in [5.74, 6) is -0.940. The van der Waals surface area contributed by atoms with Crippen LogP contribution in [0.3, 0.4) is 0 Å². The lowest BCUT2D eigenvalue weighted by molar-refractivity contribution is -0.137. The molecule has 2 aromatic carbocycles. The smallest absolute Gasteiger partial charge is 0.303 e. The van der Waals surface area contributed by atoms with Gasteiger partial charge in [-0.3, -0.25) is 9.10 Å². The first kappa shape index (κ1) is 18.7. The first-order valence-corrected chi connectivity index (χ1v) is 9.89. The molecule has 2 aromatic rings. The molecule has 0 radical (unpaired) electrons. The maximum atomic E-state index is 13.0. The van der Waals surface area contributed by atoms with E-state index in [1.165, 1.54) is 4.31 Å². The molecule has 24 heavy (non-hydrogen) atoms. The highest BCUT2D eigenvalue weighted by Gasteiger charge is 2.24. The third kappa shape index (κ3) is 4.70. The highest BCUT2D eigenvalue weighted by molar-refractivity contribution is 14.1. The summed E-state index contributed by atoms with van der Waals surface area (Å²) in [6.07, 6.45) is 0.163. The van der Waals surface area contributed by atoms with Crippen LogP contribution < -0.4 is 4.31 Å². The van der Waals surface area contributed by atoms with Crippen LogP contribution in [-0.4, -0.2) is 26.0 Å². The minimum absolute atomic E-state index is 0.0791. The molecule has 0 saturated heterocycles. The van der Waals surface area contributed by atoms with Crippen LogP contribution in [0, 0.1) is 10.5 Å². The average Bonchev–Trinajstić information content (AvgIpc) is 2.53. The molecule has 7 heteroatoms. The van der Waals surface area contributed by atoms with E-state index in [-0.39, 0.29) is 24.3 Å². The molecular formula is C17H18INO4S. The minimum atomic E-state index is -3.74. The second-order valence-corrected chi connectivity index (χ2v) is 8.47. The molecule has 0 spiro atoms. The molecule has 5 nitrogen and oxygen atoms in total. The summed E-state index contributed by atoms with van der Waals surface area (Å²) in [5, 5.41) is 8.81. The third-order valence-electron chi connectivity index (χ3n) is 3.48. The quantitative estimate of drug-likeness (QED) is 0.642. The van der Waals surface area contributed by atoms with Crippen LogP contribution in [-0.2, 0) is 14.8 Å². The zero-order chi connectivity index (χ0) is 17.7. The Hall–Kier alpha value is -1.61. The van der Waals surface area contributed by atoms with E-state index in [1.54, 1.807) is 36.4 Å². The van der Waals surface area contributed by atoms with Crippen molar-refractivity contribution in [3.63, 3.8) is 0 Å². The number of carboxylic acid groups (broad SMARTS) is 1. The number of anilines is 1. The summed E-state index contributed by atoms with van der Waals surface area (Å²) < 4.78 is 28.2. The number of aryl methyl sites for hydroxylation is 1. The van der Waals surface area contributed by atoms with Crippen LogP contribution in [0.5, 0.6) is 0 Å². The molecule has 0 heterocycles. The van der Waals surface area contributed by atoms with Crippen molar-refractivity contribution in [3.8, 4) is 0 Å². The Bertz CT molecular complexity index is 801. The molecule has 0 saturated carbocycles. The van der Waals surface area contributed by atoms with E-state index >= 15 is 0 Å². The number of carbonyl (C=O) groups is 1. The molecule has 0 aliphatic heterocycles. The van der Waals surface area contributed by atoms with Gasteiger partial charge in [-0.15, -0.1) is 0 Å². The summed E-state index contributed by atoms with van der Waals surface area (Å²) in [7, 11) is -3.74. The maximum Gasteiger partial charge on any atom is 0.303 e. The fraction of sp³-hybridized carbons (Fsp3) is 0.235. The van der Waals surface area contributed by atoms with Gasteiger partial charge in [0, 0.05) is 16.5 Å². The van der Waals surface area contributed by atoms with E-state index in [1.807, 2.05) is 19.1 Å². The van der Waals surface area contributed by atoms with Crippen LogP contribution >= 0.6 is 22.6 Å². The van der Waals surface area contributed by atoms with Crippen molar-refractivity contribution in [2.75, 3.05) is 10.8 Å². The van der Waals surface area contributed by atoms with Crippen LogP contribution in [0.25, 0.3) is 0 Å². The highest BCUT2D eigenvalue weighted by atomic mass is 127. The largest absolute Gasteiger partial charge is 0.481 e. The van der Waals surface area contributed by atoms with Gasteiger partial charge in [0.2, 0.25) is 0 Å². The van der Waals surface area contributed by atoms with Crippen molar-refractivity contribution < 1.29 is 18.3 Å². The highest BCUT2D eigenvalue weighted by Crippen LogP contribution is 2.25. The zero-order valence-corrected chi connectivity index (χ0v) is 16.1. The molecule has 0 fully saturated rings. The van der Waals surface area contributed by atoms with Gasteiger partial charge in [-0.25, -0.2) is 8.42 Å². The SMILES string of the molecule is Cc1ccc(S(=O)(=O)N(CCCC(=O)O)c2ccc(I)cc2)cc1. The second-order valence-electron chi connectivity index (χ2n) is 5.36. The first-order chi connectivity index (χ1) is 11.3. The van der Waals surface area contributed by atoms with E-state index in [4.69, 9.17) is 5.11 Å². The number of nitrogens with zero attached hydrogens (tertiary/aromatic N) is 1. The zero-order valence-electron chi connectivity index (χ0n) is 13.1. The van der Waals surface area contributed by atoms with Gasteiger partial charge in [-0.1, -0.05) is 17.7 Å². The monoisotopic (exact) mass is 459 g/mol. The Morgan fingerprint density at radius 3 is 2.21 bits per heavy atom. The molecule has 0 aromatic heterocycles. The Kier molecular flexibility index (Phi) is 6.22. The summed E-state index contributed by atoms with van der Waals surface area (Å²) >= 11 is 2.15. The van der Waals surface area contributed by atoms with Crippen LogP contribution in [0.15, 0.2) is 53.4 Å². The number of hydrogen-bond donors (Lipinski definition) is 1. The fourth-order valence-electron chi connectivity index (χ4n) is 2.21. The van der Waals surface area contributed by atoms with Crippen molar-refractivity contribution in [1.82, 2.24) is 0 Å². The standard InChI is InChI=1S/C17H18INO4S/c1-13-4-10-16(11-5-13)24(22,23)19(12-2-3-17(20)21)15-8-6-14(18)7-9-15/h4-11H,2-3,12H2,1H3,(H,20,21). The van der Waals surface area contributed by atoms with Gasteiger partial charge in [0.25, 0.3) is 10.0 Å². The molecule has 0 unspecified atom stereocenters. The lowest BCUT2D eigenvalue weighted by Gasteiger charge is -2.24. The van der Waals surface area contributed by atoms with E-state index < -0.39 is 16.0 Å². The fourth-order valence-corrected chi connectivity index (χ4v) is 4.07. The first-order valence-electron chi connectivity index (χ1n) is 7.37. The predicted molar refractivity (Wildman–Crippen MR) is 102 cm³/mol.